The van der Waals surface area contributed by atoms with Crippen LogP contribution in [0.2, 0.25) is 0 Å². The monoisotopic (exact) mass is 222 g/mol. The number of ether oxygens (including phenoxy) is 1. The third kappa shape index (κ3) is 1.78. The summed E-state index contributed by atoms with van der Waals surface area (Å²) in [6.45, 7) is 2.13. The van der Waals surface area contributed by atoms with Crippen LogP contribution in [0.3, 0.4) is 0 Å². The number of fused-ring (bicyclic) bond motifs is 1. The van der Waals surface area contributed by atoms with Crippen molar-refractivity contribution in [2.75, 3.05) is 12.3 Å². The highest BCUT2D eigenvalue weighted by molar-refractivity contribution is 7.22. The molecule has 1 heterocycles. The molecular weight excluding hydrogens is 212 g/mol. The van der Waals surface area contributed by atoms with Gasteiger partial charge in [0.1, 0.15) is 0 Å². The van der Waals surface area contributed by atoms with Crippen LogP contribution in [-0.2, 0) is 4.74 Å². The minimum absolute atomic E-state index is 0.353. The lowest BCUT2D eigenvalue weighted by atomic mass is 10.2. The number of benzene rings is 1. The standard InChI is InChI=1S/C10H10N2O2S/c1-2-14-9(13)6-4-3-5-7-8(6)12-10(11)15-7/h3-5H,2H2,1H3,(H2,11,12). The molecule has 0 saturated carbocycles. The first-order valence-electron chi connectivity index (χ1n) is 4.54. The van der Waals surface area contributed by atoms with Gasteiger partial charge in [-0.05, 0) is 19.1 Å². The van der Waals surface area contributed by atoms with Gasteiger partial charge in [0.05, 0.1) is 22.4 Å². The number of para-hydroxylation sites is 1. The Morgan fingerprint density at radius 2 is 2.40 bits per heavy atom. The molecule has 5 heteroatoms. The van der Waals surface area contributed by atoms with Crippen LogP contribution in [-0.4, -0.2) is 17.6 Å². The van der Waals surface area contributed by atoms with E-state index >= 15 is 0 Å². The van der Waals surface area contributed by atoms with Crippen molar-refractivity contribution >= 4 is 32.7 Å². The Kier molecular flexibility index (Phi) is 2.55. The molecule has 0 unspecified atom stereocenters. The maximum absolute atomic E-state index is 11.6. The SMILES string of the molecule is CCOC(=O)c1cccc2sc(N)nc12. The van der Waals surface area contributed by atoms with E-state index in [0.29, 0.717) is 22.8 Å². The number of hydrogen-bond donors (Lipinski definition) is 1. The molecule has 0 aliphatic carbocycles. The smallest absolute Gasteiger partial charge is 0.340 e. The quantitative estimate of drug-likeness (QED) is 0.790. The largest absolute Gasteiger partial charge is 0.462 e. The van der Waals surface area contributed by atoms with Crippen molar-refractivity contribution in [1.82, 2.24) is 4.98 Å². The third-order valence-corrected chi connectivity index (χ3v) is 2.78. The molecule has 0 saturated heterocycles. The zero-order valence-corrected chi connectivity index (χ0v) is 9.00. The predicted molar refractivity (Wildman–Crippen MR) is 60.0 cm³/mol. The molecule has 78 valence electrons. The van der Waals surface area contributed by atoms with Crippen LogP contribution in [0.5, 0.6) is 0 Å². The summed E-state index contributed by atoms with van der Waals surface area (Å²) in [6.07, 6.45) is 0. The molecule has 2 rings (SSSR count). The van der Waals surface area contributed by atoms with Crippen LogP contribution in [0.1, 0.15) is 17.3 Å². The summed E-state index contributed by atoms with van der Waals surface area (Å²) in [4.78, 5) is 15.7. The maximum atomic E-state index is 11.6. The minimum atomic E-state index is -0.353. The van der Waals surface area contributed by atoms with Crippen molar-refractivity contribution in [3.05, 3.63) is 23.8 Å². The van der Waals surface area contributed by atoms with Crippen molar-refractivity contribution in [1.29, 1.82) is 0 Å². The average molecular weight is 222 g/mol. The van der Waals surface area contributed by atoms with Gasteiger partial charge in [-0.15, -0.1) is 0 Å². The fourth-order valence-electron chi connectivity index (χ4n) is 1.34. The number of nitrogen functional groups attached to an aromatic ring is 1. The van der Waals surface area contributed by atoms with Gasteiger partial charge < -0.3 is 10.5 Å². The first-order chi connectivity index (χ1) is 7.22. The van der Waals surface area contributed by atoms with Gasteiger partial charge in [0, 0.05) is 0 Å². The molecule has 2 aromatic rings. The molecule has 0 aliphatic heterocycles. The molecule has 0 fully saturated rings. The minimum Gasteiger partial charge on any atom is -0.462 e. The molecule has 1 aromatic carbocycles. The normalized spacial score (nSPS) is 10.5. The van der Waals surface area contributed by atoms with E-state index in [-0.39, 0.29) is 5.97 Å². The van der Waals surface area contributed by atoms with Gasteiger partial charge in [0.2, 0.25) is 0 Å². The molecule has 2 N–H and O–H groups in total. The van der Waals surface area contributed by atoms with Gasteiger partial charge in [-0.1, -0.05) is 17.4 Å². The summed E-state index contributed by atoms with van der Waals surface area (Å²) in [5.74, 6) is -0.353. The van der Waals surface area contributed by atoms with Gasteiger partial charge in [-0.25, -0.2) is 9.78 Å². The van der Waals surface area contributed by atoms with Gasteiger partial charge in [-0.2, -0.15) is 0 Å². The van der Waals surface area contributed by atoms with Gasteiger partial charge >= 0.3 is 5.97 Å². The number of anilines is 1. The van der Waals surface area contributed by atoms with E-state index in [0.717, 1.165) is 4.70 Å². The van der Waals surface area contributed by atoms with E-state index in [1.807, 2.05) is 6.07 Å². The number of carbonyl (C=O) groups excluding carboxylic acids is 1. The number of carbonyl (C=O) groups is 1. The van der Waals surface area contributed by atoms with Crippen LogP contribution in [0, 0.1) is 0 Å². The third-order valence-electron chi connectivity index (χ3n) is 1.93. The van der Waals surface area contributed by atoms with Crippen molar-refractivity contribution in [3.63, 3.8) is 0 Å². The fourth-order valence-corrected chi connectivity index (χ4v) is 2.10. The van der Waals surface area contributed by atoms with E-state index < -0.39 is 0 Å². The zero-order valence-electron chi connectivity index (χ0n) is 8.19. The second-order valence-corrected chi connectivity index (χ2v) is 3.99. The number of hydrogen-bond acceptors (Lipinski definition) is 5. The van der Waals surface area contributed by atoms with E-state index in [1.54, 1.807) is 19.1 Å². The molecule has 0 radical (unpaired) electrons. The second kappa shape index (κ2) is 3.86. The molecule has 0 bridgehead atoms. The topological polar surface area (TPSA) is 65.2 Å². The molecule has 0 aliphatic rings. The summed E-state index contributed by atoms with van der Waals surface area (Å²) in [5.41, 5.74) is 6.69. The number of rotatable bonds is 2. The Morgan fingerprint density at radius 3 is 3.13 bits per heavy atom. The van der Waals surface area contributed by atoms with Crippen molar-refractivity contribution < 1.29 is 9.53 Å². The highest BCUT2D eigenvalue weighted by Gasteiger charge is 2.13. The summed E-state index contributed by atoms with van der Waals surface area (Å²) >= 11 is 1.36. The van der Waals surface area contributed by atoms with E-state index in [2.05, 4.69) is 4.98 Å². The summed E-state index contributed by atoms with van der Waals surface area (Å²) in [5, 5.41) is 0.460. The Bertz CT molecular complexity index is 507. The van der Waals surface area contributed by atoms with Crippen LogP contribution in [0.15, 0.2) is 18.2 Å². The summed E-state index contributed by atoms with van der Waals surface area (Å²) < 4.78 is 5.83. The Balaban J connectivity index is 2.55. The van der Waals surface area contributed by atoms with Crippen molar-refractivity contribution in [2.24, 2.45) is 0 Å². The van der Waals surface area contributed by atoms with E-state index in [4.69, 9.17) is 10.5 Å². The van der Waals surface area contributed by atoms with Crippen molar-refractivity contribution in [2.45, 2.75) is 6.92 Å². The van der Waals surface area contributed by atoms with Crippen LogP contribution in [0.25, 0.3) is 10.2 Å². The zero-order chi connectivity index (χ0) is 10.8. The lowest BCUT2D eigenvalue weighted by molar-refractivity contribution is 0.0528. The van der Waals surface area contributed by atoms with Crippen LogP contribution in [0.4, 0.5) is 5.13 Å². The van der Waals surface area contributed by atoms with E-state index in [9.17, 15) is 4.79 Å². The number of aromatic nitrogens is 1. The lowest BCUT2D eigenvalue weighted by Gasteiger charge is -2.01. The molecule has 0 atom stereocenters. The molecule has 0 amide bonds. The molecule has 0 spiro atoms. The Morgan fingerprint density at radius 1 is 1.60 bits per heavy atom. The highest BCUT2D eigenvalue weighted by atomic mass is 32.1. The number of nitrogens with zero attached hydrogens (tertiary/aromatic N) is 1. The maximum Gasteiger partial charge on any atom is 0.340 e. The highest BCUT2D eigenvalue weighted by Crippen LogP contribution is 2.26. The molecule has 15 heavy (non-hydrogen) atoms. The average Bonchev–Trinajstić information content (AvgIpc) is 2.57. The first kappa shape index (κ1) is 9.92. The molecule has 4 nitrogen and oxygen atoms in total. The van der Waals surface area contributed by atoms with Gasteiger partial charge in [0.25, 0.3) is 0 Å². The lowest BCUT2D eigenvalue weighted by Crippen LogP contribution is -2.05. The second-order valence-electron chi connectivity index (χ2n) is 2.92. The molecule has 1 aromatic heterocycles. The number of esters is 1. The number of thiazole rings is 1. The van der Waals surface area contributed by atoms with Crippen molar-refractivity contribution in [3.8, 4) is 0 Å². The molecular formula is C10H10N2O2S. The van der Waals surface area contributed by atoms with Crippen LogP contribution >= 0.6 is 11.3 Å². The van der Waals surface area contributed by atoms with Crippen LogP contribution < -0.4 is 5.73 Å². The summed E-state index contributed by atoms with van der Waals surface area (Å²) in [7, 11) is 0. The predicted octanol–water partition coefficient (Wildman–Crippen LogP) is 2.06. The number of nitrogens with two attached hydrogens (primary N) is 1. The van der Waals surface area contributed by atoms with Gasteiger partial charge in [-0.3, -0.25) is 0 Å². The Labute approximate surface area is 90.7 Å². The first-order valence-corrected chi connectivity index (χ1v) is 5.36. The Hall–Kier alpha value is -1.62. The fraction of sp³-hybridized carbons (Fsp3) is 0.200. The van der Waals surface area contributed by atoms with E-state index in [1.165, 1.54) is 11.3 Å². The summed E-state index contributed by atoms with van der Waals surface area (Å²) in [6, 6.07) is 5.37. The van der Waals surface area contributed by atoms with Gasteiger partial charge in [0.15, 0.2) is 5.13 Å².